The van der Waals surface area contributed by atoms with Gasteiger partial charge in [0.15, 0.2) is 0 Å². The maximum Gasteiger partial charge on any atom is 0.145 e. The smallest absolute Gasteiger partial charge is 0.145 e. The Balaban J connectivity index is 1.47. The van der Waals surface area contributed by atoms with Crippen molar-refractivity contribution in [2.75, 3.05) is 0 Å². The van der Waals surface area contributed by atoms with Crippen LogP contribution in [0.15, 0.2) is 132 Å². The minimum absolute atomic E-state index is 0.954. The highest BCUT2D eigenvalue weighted by Gasteiger charge is 2.21. The van der Waals surface area contributed by atoms with Gasteiger partial charge >= 0.3 is 0 Å². The zero-order valence-electron chi connectivity index (χ0n) is 20.9. The zero-order chi connectivity index (χ0) is 25.5. The Kier molecular flexibility index (Phi) is 4.24. The van der Waals surface area contributed by atoms with Crippen LogP contribution in [0.5, 0.6) is 0 Å². The highest BCUT2D eigenvalue weighted by molar-refractivity contribution is 7.26. The van der Waals surface area contributed by atoms with Crippen molar-refractivity contribution in [3.63, 3.8) is 0 Å². The number of aromatic nitrogens is 1. The summed E-state index contributed by atoms with van der Waals surface area (Å²) in [7, 11) is 0. The van der Waals surface area contributed by atoms with Gasteiger partial charge in [-0.15, -0.1) is 11.3 Å². The van der Waals surface area contributed by atoms with E-state index >= 15 is 0 Å². The summed E-state index contributed by atoms with van der Waals surface area (Å²) < 4.78 is 11.9. The third kappa shape index (κ3) is 2.91. The van der Waals surface area contributed by atoms with Gasteiger partial charge in [0.05, 0.1) is 16.4 Å². The van der Waals surface area contributed by atoms with Gasteiger partial charge in [0, 0.05) is 42.0 Å². The third-order valence-electron chi connectivity index (χ3n) is 7.99. The second kappa shape index (κ2) is 7.83. The molecule has 9 aromatic rings. The number of fused-ring (bicyclic) bond motifs is 11. The molecule has 0 bridgehead atoms. The molecule has 9 rings (SSSR count). The first-order valence-corrected chi connectivity index (χ1v) is 14.0. The number of hydrogen-bond acceptors (Lipinski definition) is 2. The molecule has 0 aliphatic heterocycles. The van der Waals surface area contributed by atoms with Crippen LogP contribution in [0.1, 0.15) is 0 Å². The Morgan fingerprint density at radius 1 is 0.462 bits per heavy atom. The van der Waals surface area contributed by atoms with Crippen LogP contribution in [0.25, 0.3) is 80.7 Å². The summed E-state index contributed by atoms with van der Waals surface area (Å²) >= 11 is 1.83. The van der Waals surface area contributed by atoms with E-state index in [1.54, 1.807) is 0 Å². The van der Waals surface area contributed by atoms with Gasteiger partial charge in [0.2, 0.25) is 0 Å². The van der Waals surface area contributed by atoms with Crippen LogP contribution in [0.4, 0.5) is 0 Å². The molecule has 3 heteroatoms. The van der Waals surface area contributed by atoms with Gasteiger partial charge in [-0.25, -0.2) is 0 Å². The summed E-state index contributed by atoms with van der Waals surface area (Å²) in [6.45, 7) is 0. The molecule has 6 aromatic carbocycles. The number of nitrogens with zero attached hydrogens (tertiary/aromatic N) is 1. The van der Waals surface area contributed by atoms with E-state index in [1.807, 2.05) is 11.3 Å². The minimum Gasteiger partial charge on any atom is -0.455 e. The maximum atomic E-state index is 6.94. The Bertz CT molecular complexity index is 2370. The molecule has 0 atom stereocenters. The SMILES string of the molecule is c1ccc(-c2ccc3c(c2)c2c4oc5c(ccc6sc7ccccc7c65)c4ccc2n3-c2ccccc2)cc1. The van der Waals surface area contributed by atoms with Crippen molar-refractivity contribution in [3.8, 4) is 16.8 Å². The van der Waals surface area contributed by atoms with Gasteiger partial charge in [-0.1, -0.05) is 72.8 Å². The van der Waals surface area contributed by atoms with Crippen LogP contribution in [-0.4, -0.2) is 4.57 Å². The lowest BCUT2D eigenvalue weighted by atomic mass is 10.0. The predicted octanol–water partition coefficient (Wildman–Crippen LogP) is 10.7. The summed E-state index contributed by atoms with van der Waals surface area (Å²) in [5.74, 6) is 0. The molecule has 2 nitrogen and oxygen atoms in total. The predicted molar refractivity (Wildman–Crippen MR) is 166 cm³/mol. The first-order valence-electron chi connectivity index (χ1n) is 13.2. The minimum atomic E-state index is 0.954. The van der Waals surface area contributed by atoms with E-state index < -0.39 is 0 Å². The number of hydrogen-bond donors (Lipinski definition) is 0. The molecule has 0 unspecified atom stereocenters. The topological polar surface area (TPSA) is 18.1 Å². The van der Waals surface area contributed by atoms with Crippen LogP contribution in [0, 0.1) is 0 Å². The van der Waals surface area contributed by atoms with Crippen molar-refractivity contribution in [2.45, 2.75) is 0 Å². The normalized spacial score (nSPS) is 12.1. The molecule has 0 N–H and O–H groups in total. The lowest BCUT2D eigenvalue weighted by Gasteiger charge is -2.08. The zero-order valence-corrected chi connectivity index (χ0v) is 21.7. The van der Waals surface area contributed by atoms with Crippen molar-refractivity contribution < 1.29 is 4.42 Å². The van der Waals surface area contributed by atoms with Crippen LogP contribution in [0.3, 0.4) is 0 Å². The van der Waals surface area contributed by atoms with E-state index in [1.165, 1.54) is 47.6 Å². The molecule has 3 aromatic heterocycles. The molecule has 0 fully saturated rings. The second-order valence-corrected chi connectivity index (χ2v) is 11.2. The Labute approximate surface area is 227 Å². The largest absolute Gasteiger partial charge is 0.455 e. The van der Waals surface area contributed by atoms with Crippen LogP contribution in [-0.2, 0) is 0 Å². The van der Waals surface area contributed by atoms with Gasteiger partial charge in [0.1, 0.15) is 11.2 Å². The first-order chi connectivity index (χ1) is 19.3. The van der Waals surface area contributed by atoms with E-state index in [9.17, 15) is 0 Å². The fraction of sp³-hybridized carbons (Fsp3) is 0. The standard InChI is InChI=1S/C36H21NOS/c1-3-9-22(10-4-1)23-15-18-29-28(21-23)33-30(37(29)24-11-5-2-6-12-24)19-16-25-26-17-20-32-34(36(26)38-35(25)33)27-13-7-8-14-31(27)39-32/h1-21H. The molecule has 182 valence electrons. The van der Waals surface area contributed by atoms with Gasteiger partial charge in [-0.2, -0.15) is 0 Å². The Morgan fingerprint density at radius 2 is 1.15 bits per heavy atom. The molecule has 0 amide bonds. The fourth-order valence-electron chi connectivity index (χ4n) is 6.27. The number of furan rings is 1. The average Bonchev–Trinajstić information content (AvgIpc) is 3.66. The summed E-state index contributed by atoms with van der Waals surface area (Å²) in [6, 6.07) is 45.7. The number of benzene rings is 6. The molecular formula is C36H21NOS. The first kappa shape index (κ1) is 21.1. The van der Waals surface area contributed by atoms with Gasteiger partial charge in [-0.05, 0) is 65.7 Å². The molecule has 3 heterocycles. The molecular weight excluding hydrogens is 494 g/mol. The maximum absolute atomic E-state index is 6.94. The fourth-order valence-corrected chi connectivity index (χ4v) is 7.37. The van der Waals surface area contributed by atoms with Crippen molar-refractivity contribution in [1.82, 2.24) is 4.57 Å². The number of thiophene rings is 1. The summed E-state index contributed by atoms with van der Waals surface area (Å²) in [5, 5.41) is 7.17. The van der Waals surface area contributed by atoms with E-state index in [0.717, 1.165) is 33.1 Å². The van der Waals surface area contributed by atoms with Crippen molar-refractivity contribution in [2.24, 2.45) is 0 Å². The molecule has 0 saturated heterocycles. The van der Waals surface area contributed by atoms with Crippen LogP contribution >= 0.6 is 11.3 Å². The summed E-state index contributed by atoms with van der Waals surface area (Å²) in [6.07, 6.45) is 0. The molecule has 0 spiro atoms. The molecule has 0 aliphatic carbocycles. The van der Waals surface area contributed by atoms with Crippen molar-refractivity contribution >= 4 is 75.3 Å². The molecule has 0 radical (unpaired) electrons. The number of rotatable bonds is 2. The van der Waals surface area contributed by atoms with E-state index in [4.69, 9.17) is 4.42 Å². The quantitative estimate of drug-likeness (QED) is 0.224. The van der Waals surface area contributed by atoms with Crippen LogP contribution < -0.4 is 0 Å². The van der Waals surface area contributed by atoms with E-state index in [2.05, 4.69) is 132 Å². The lowest BCUT2D eigenvalue weighted by Crippen LogP contribution is -1.92. The second-order valence-electron chi connectivity index (χ2n) is 10.1. The Morgan fingerprint density at radius 3 is 2.00 bits per heavy atom. The summed E-state index contributed by atoms with van der Waals surface area (Å²) in [4.78, 5) is 0. The molecule has 39 heavy (non-hydrogen) atoms. The van der Waals surface area contributed by atoms with Crippen molar-refractivity contribution in [1.29, 1.82) is 0 Å². The van der Waals surface area contributed by atoms with Gasteiger partial charge in [-0.3, -0.25) is 0 Å². The Hall–Kier alpha value is -4.86. The highest BCUT2D eigenvalue weighted by atomic mass is 32.1. The van der Waals surface area contributed by atoms with E-state index in [-0.39, 0.29) is 0 Å². The van der Waals surface area contributed by atoms with Crippen LogP contribution in [0.2, 0.25) is 0 Å². The van der Waals surface area contributed by atoms with Gasteiger partial charge in [0.25, 0.3) is 0 Å². The van der Waals surface area contributed by atoms with E-state index in [0.29, 0.717) is 0 Å². The van der Waals surface area contributed by atoms with Gasteiger partial charge < -0.3 is 8.98 Å². The lowest BCUT2D eigenvalue weighted by molar-refractivity contribution is 0.677. The average molecular weight is 516 g/mol. The highest BCUT2D eigenvalue weighted by Crippen LogP contribution is 2.45. The summed E-state index contributed by atoms with van der Waals surface area (Å²) in [5.41, 5.74) is 7.82. The monoisotopic (exact) mass is 515 g/mol. The molecule has 0 saturated carbocycles. The van der Waals surface area contributed by atoms with Crippen molar-refractivity contribution in [3.05, 3.63) is 127 Å². The molecule has 0 aliphatic rings. The number of para-hydroxylation sites is 1. The third-order valence-corrected chi connectivity index (χ3v) is 9.13.